The summed E-state index contributed by atoms with van der Waals surface area (Å²) < 4.78 is 6.99. The van der Waals surface area contributed by atoms with Gasteiger partial charge in [0.1, 0.15) is 18.1 Å². The van der Waals surface area contributed by atoms with Gasteiger partial charge in [-0.1, -0.05) is 52.3 Å². The predicted molar refractivity (Wildman–Crippen MR) is 139 cm³/mol. The third-order valence-corrected chi connectivity index (χ3v) is 5.84. The molecule has 2 amide bonds. The van der Waals surface area contributed by atoms with Crippen LogP contribution in [-0.4, -0.2) is 46.7 Å². The number of hydrogen-bond acceptors (Lipinski definition) is 4. The molecule has 0 fully saturated rings. The summed E-state index contributed by atoms with van der Waals surface area (Å²) in [4.78, 5) is 28.1. The molecule has 0 unspecified atom stereocenters. The predicted octanol–water partition coefficient (Wildman–Crippen LogP) is 5.37. The molecule has 3 aromatic rings. The fourth-order valence-corrected chi connectivity index (χ4v) is 3.70. The molecule has 1 aromatic heterocycles. The van der Waals surface area contributed by atoms with Crippen LogP contribution < -0.4 is 10.1 Å². The number of methoxy groups -OCH3 is 1. The van der Waals surface area contributed by atoms with Crippen molar-refractivity contribution in [3.8, 4) is 11.4 Å². The normalized spacial score (nSPS) is 11.3. The van der Waals surface area contributed by atoms with Crippen molar-refractivity contribution in [2.24, 2.45) is 0 Å². The Bertz CT molecular complexity index is 1160. The first-order valence-electron chi connectivity index (χ1n) is 12.0. The number of nitrogens with one attached hydrogen (secondary N) is 1. The van der Waals surface area contributed by atoms with Gasteiger partial charge in [0.05, 0.1) is 18.5 Å². The minimum Gasteiger partial charge on any atom is -0.497 e. The fourth-order valence-electron chi connectivity index (χ4n) is 3.70. The Hall–Kier alpha value is -3.61. The van der Waals surface area contributed by atoms with Crippen LogP contribution in [0.3, 0.4) is 0 Å². The van der Waals surface area contributed by atoms with Crippen LogP contribution in [0.25, 0.3) is 5.69 Å². The zero-order valence-corrected chi connectivity index (χ0v) is 21.6. The molecule has 0 saturated heterocycles. The summed E-state index contributed by atoms with van der Waals surface area (Å²) in [7, 11) is 1.62. The molecule has 186 valence electrons. The van der Waals surface area contributed by atoms with Crippen LogP contribution in [0.5, 0.6) is 5.75 Å². The Labute approximate surface area is 208 Å². The van der Waals surface area contributed by atoms with E-state index in [0.29, 0.717) is 17.9 Å². The molecule has 7 nitrogen and oxygen atoms in total. The zero-order chi connectivity index (χ0) is 25.6. The number of carbonyl (C=O) groups excluding carboxylic acids is 2. The van der Waals surface area contributed by atoms with E-state index in [1.807, 2.05) is 61.5 Å². The standard InChI is InChI=1S/C28H36N4O3/c1-7-8-17-31(27(34)23-12-10-9-11-20(23)2)19-26(33)29-25-18-24(28(3,4)5)30-32(25)21-13-15-22(35-6)16-14-21/h9-16,18H,7-8,17,19H2,1-6H3,(H,29,33). The van der Waals surface area contributed by atoms with E-state index in [1.165, 1.54) is 0 Å². The number of ether oxygens (including phenoxy) is 1. The molecular weight excluding hydrogens is 440 g/mol. The van der Waals surface area contributed by atoms with E-state index >= 15 is 0 Å². The molecule has 1 N–H and O–H groups in total. The topological polar surface area (TPSA) is 76.5 Å². The minimum absolute atomic E-state index is 0.0359. The van der Waals surface area contributed by atoms with Crippen molar-refractivity contribution in [2.45, 2.75) is 52.9 Å². The number of carbonyl (C=O) groups is 2. The highest BCUT2D eigenvalue weighted by molar-refractivity contribution is 6.00. The number of amides is 2. The highest BCUT2D eigenvalue weighted by Gasteiger charge is 2.24. The quantitative estimate of drug-likeness (QED) is 0.451. The van der Waals surface area contributed by atoms with E-state index in [0.717, 1.165) is 35.5 Å². The van der Waals surface area contributed by atoms with Crippen molar-refractivity contribution in [2.75, 3.05) is 25.5 Å². The van der Waals surface area contributed by atoms with Crippen molar-refractivity contribution >= 4 is 17.6 Å². The van der Waals surface area contributed by atoms with Crippen LogP contribution in [0.1, 0.15) is 62.2 Å². The maximum atomic E-state index is 13.3. The second-order valence-corrected chi connectivity index (χ2v) is 9.72. The first kappa shape index (κ1) is 26.0. The minimum atomic E-state index is -0.266. The lowest BCUT2D eigenvalue weighted by Gasteiger charge is -2.23. The molecule has 0 atom stereocenters. The van der Waals surface area contributed by atoms with Gasteiger partial charge in [0.15, 0.2) is 0 Å². The number of aryl methyl sites for hydroxylation is 1. The Morgan fingerprint density at radius 2 is 1.77 bits per heavy atom. The van der Waals surface area contributed by atoms with Crippen LogP contribution in [0.4, 0.5) is 5.82 Å². The van der Waals surface area contributed by atoms with Gasteiger partial charge in [-0.25, -0.2) is 4.68 Å². The first-order valence-corrected chi connectivity index (χ1v) is 12.0. The number of nitrogens with zero attached hydrogens (tertiary/aromatic N) is 3. The van der Waals surface area contributed by atoms with E-state index in [-0.39, 0.29) is 23.8 Å². The summed E-state index contributed by atoms with van der Waals surface area (Å²) in [6.45, 7) is 10.7. The smallest absolute Gasteiger partial charge is 0.254 e. The van der Waals surface area contributed by atoms with Gasteiger partial charge in [-0.2, -0.15) is 5.10 Å². The summed E-state index contributed by atoms with van der Waals surface area (Å²) in [5, 5.41) is 7.76. The van der Waals surface area contributed by atoms with Gasteiger partial charge >= 0.3 is 0 Å². The van der Waals surface area contributed by atoms with Gasteiger partial charge in [-0.05, 0) is 49.2 Å². The van der Waals surface area contributed by atoms with Gasteiger partial charge in [-0.3, -0.25) is 9.59 Å². The molecule has 7 heteroatoms. The van der Waals surface area contributed by atoms with Gasteiger partial charge in [0.2, 0.25) is 5.91 Å². The molecule has 2 aromatic carbocycles. The molecule has 0 aliphatic heterocycles. The van der Waals surface area contributed by atoms with Gasteiger partial charge in [0.25, 0.3) is 5.91 Å². The molecule has 0 spiro atoms. The number of rotatable bonds is 9. The van der Waals surface area contributed by atoms with Gasteiger partial charge < -0.3 is 15.0 Å². The Balaban J connectivity index is 1.87. The monoisotopic (exact) mass is 476 g/mol. The average molecular weight is 477 g/mol. The number of benzene rings is 2. The van der Waals surface area contributed by atoms with E-state index in [4.69, 9.17) is 9.84 Å². The molecule has 0 radical (unpaired) electrons. The first-order chi connectivity index (χ1) is 16.6. The Morgan fingerprint density at radius 3 is 2.37 bits per heavy atom. The van der Waals surface area contributed by atoms with Crippen LogP contribution in [0.15, 0.2) is 54.6 Å². The Morgan fingerprint density at radius 1 is 1.09 bits per heavy atom. The van der Waals surface area contributed by atoms with E-state index in [2.05, 4.69) is 33.0 Å². The second kappa shape index (κ2) is 11.2. The number of unbranched alkanes of at least 4 members (excludes halogenated alkanes) is 1. The fraction of sp³-hybridized carbons (Fsp3) is 0.393. The SMILES string of the molecule is CCCCN(CC(=O)Nc1cc(C(C)(C)C)nn1-c1ccc(OC)cc1)C(=O)c1ccccc1C. The van der Waals surface area contributed by atoms with Crippen molar-refractivity contribution in [1.29, 1.82) is 0 Å². The molecule has 35 heavy (non-hydrogen) atoms. The maximum Gasteiger partial charge on any atom is 0.254 e. The van der Waals surface area contributed by atoms with Crippen molar-refractivity contribution < 1.29 is 14.3 Å². The molecule has 0 aliphatic rings. The summed E-state index contributed by atoms with van der Waals surface area (Å²) in [6.07, 6.45) is 1.75. The van der Waals surface area contributed by atoms with Crippen LogP contribution in [0.2, 0.25) is 0 Å². The Kier molecular flexibility index (Phi) is 8.33. The maximum absolute atomic E-state index is 13.3. The summed E-state index contributed by atoms with van der Waals surface area (Å²) >= 11 is 0. The highest BCUT2D eigenvalue weighted by atomic mass is 16.5. The average Bonchev–Trinajstić information content (AvgIpc) is 3.26. The lowest BCUT2D eigenvalue weighted by Crippen LogP contribution is -2.39. The molecule has 3 rings (SSSR count). The molecule has 1 heterocycles. The summed E-state index contributed by atoms with van der Waals surface area (Å²) in [6, 6.07) is 16.9. The van der Waals surface area contributed by atoms with Crippen molar-refractivity contribution in [3.63, 3.8) is 0 Å². The zero-order valence-electron chi connectivity index (χ0n) is 21.6. The van der Waals surface area contributed by atoms with Gasteiger partial charge in [0, 0.05) is 23.6 Å². The van der Waals surface area contributed by atoms with Crippen molar-refractivity contribution in [3.05, 3.63) is 71.4 Å². The van der Waals surface area contributed by atoms with Crippen LogP contribution in [-0.2, 0) is 10.2 Å². The van der Waals surface area contributed by atoms with Crippen molar-refractivity contribution in [1.82, 2.24) is 14.7 Å². The molecule has 0 bridgehead atoms. The van der Waals surface area contributed by atoms with Crippen LogP contribution in [0, 0.1) is 6.92 Å². The lowest BCUT2D eigenvalue weighted by molar-refractivity contribution is -0.117. The third kappa shape index (κ3) is 6.50. The molecule has 0 aliphatic carbocycles. The second-order valence-electron chi connectivity index (χ2n) is 9.72. The van der Waals surface area contributed by atoms with E-state index < -0.39 is 0 Å². The van der Waals surface area contributed by atoms with Gasteiger partial charge in [-0.15, -0.1) is 0 Å². The molecule has 0 saturated carbocycles. The number of anilines is 1. The third-order valence-electron chi connectivity index (χ3n) is 5.84. The summed E-state index contributed by atoms with van der Waals surface area (Å²) in [5.41, 5.74) is 2.96. The summed E-state index contributed by atoms with van der Waals surface area (Å²) in [5.74, 6) is 0.900. The number of hydrogen-bond donors (Lipinski definition) is 1. The van der Waals surface area contributed by atoms with E-state index in [1.54, 1.807) is 16.7 Å². The molecular formula is C28H36N4O3. The highest BCUT2D eigenvalue weighted by Crippen LogP contribution is 2.27. The van der Waals surface area contributed by atoms with E-state index in [9.17, 15) is 9.59 Å². The van der Waals surface area contributed by atoms with Crippen LogP contribution >= 0.6 is 0 Å². The number of aromatic nitrogens is 2. The largest absolute Gasteiger partial charge is 0.497 e. The lowest BCUT2D eigenvalue weighted by atomic mass is 9.92.